The maximum Gasteiger partial charge on any atom is 0.338 e. The first kappa shape index (κ1) is 27.7. The number of hydrogen-bond acceptors (Lipinski definition) is 10. The van der Waals surface area contributed by atoms with Crippen LogP contribution in [0, 0.1) is 0 Å². The van der Waals surface area contributed by atoms with Gasteiger partial charge in [0.25, 0.3) is 0 Å². The minimum absolute atomic E-state index is 0.0727. The first-order chi connectivity index (χ1) is 18.4. The number of hydrogen-bond donors (Lipinski definition) is 1. The Bertz CT molecular complexity index is 1140. The lowest BCUT2D eigenvalue weighted by Crippen LogP contribution is -2.42. The van der Waals surface area contributed by atoms with E-state index in [0.29, 0.717) is 34.5 Å². The highest BCUT2D eigenvalue weighted by molar-refractivity contribution is 8.16. The van der Waals surface area contributed by atoms with Crippen molar-refractivity contribution in [3.05, 3.63) is 58.8 Å². The molecule has 3 aliphatic rings. The third-order valence-corrected chi connectivity index (χ3v) is 7.33. The molecule has 3 aliphatic heterocycles. The van der Waals surface area contributed by atoms with Gasteiger partial charge in [-0.05, 0) is 30.0 Å². The van der Waals surface area contributed by atoms with Gasteiger partial charge in [0, 0.05) is 37.9 Å². The van der Waals surface area contributed by atoms with Crippen molar-refractivity contribution < 1.29 is 28.5 Å². The topological polar surface area (TPSA) is 102 Å². The summed E-state index contributed by atoms with van der Waals surface area (Å²) in [6, 6.07) is 4.89. The molecule has 3 heterocycles. The van der Waals surface area contributed by atoms with Gasteiger partial charge in [0.2, 0.25) is 5.91 Å². The molecule has 1 aromatic rings. The average molecular weight is 543 g/mol. The monoisotopic (exact) mass is 542 g/mol. The molecule has 11 heteroatoms. The zero-order valence-electron chi connectivity index (χ0n) is 22.0. The van der Waals surface area contributed by atoms with Crippen molar-refractivity contribution >= 4 is 28.8 Å². The highest BCUT2D eigenvalue weighted by Gasteiger charge is 2.41. The van der Waals surface area contributed by atoms with E-state index in [4.69, 9.17) is 23.9 Å². The Balaban J connectivity index is 1.59. The molecule has 1 saturated heterocycles. The van der Waals surface area contributed by atoms with Crippen molar-refractivity contribution in [2.24, 2.45) is 4.99 Å². The molecule has 0 aliphatic carbocycles. The minimum Gasteiger partial charge on any atom is -0.497 e. The van der Waals surface area contributed by atoms with Crippen LogP contribution in [-0.2, 0) is 19.1 Å². The molecule has 0 radical (unpaired) electrons. The van der Waals surface area contributed by atoms with E-state index in [-0.39, 0.29) is 18.9 Å². The number of fused-ring (bicyclic) bond motifs is 1. The van der Waals surface area contributed by atoms with Gasteiger partial charge in [-0.25, -0.2) is 9.79 Å². The van der Waals surface area contributed by atoms with E-state index in [9.17, 15) is 9.59 Å². The van der Waals surface area contributed by atoms with E-state index >= 15 is 0 Å². The number of nitrogens with one attached hydrogen (secondary N) is 1. The summed E-state index contributed by atoms with van der Waals surface area (Å²) in [5, 5.41) is 5.62. The number of carbonyl (C=O) groups excluding carboxylic acids is 2. The van der Waals surface area contributed by atoms with Crippen LogP contribution in [0.3, 0.4) is 0 Å². The van der Waals surface area contributed by atoms with Crippen LogP contribution in [0.5, 0.6) is 11.5 Å². The molecule has 1 atom stereocenters. The molecular formula is C27H34N4O6S. The lowest BCUT2D eigenvalue weighted by molar-refractivity contribution is -0.138. The van der Waals surface area contributed by atoms with E-state index in [1.807, 2.05) is 22.4 Å². The van der Waals surface area contributed by atoms with Gasteiger partial charge < -0.3 is 29.2 Å². The summed E-state index contributed by atoms with van der Waals surface area (Å²) in [5.74, 6) is 0.565. The van der Waals surface area contributed by atoms with Crippen molar-refractivity contribution in [1.29, 1.82) is 0 Å². The predicted molar refractivity (Wildman–Crippen MR) is 146 cm³/mol. The Kier molecular flexibility index (Phi) is 9.48. The highest BCUT2D eigenvalue weighted by atomic mass is 32.2. The first-order valence-corrected chi connectivity index (χ1v) is 13.3. The number of amidine groups is 1. The molecule has 0 unspecified atom stereocenters. The quantitative estimate of drug-likeness (QED) is 0.334. The number of benzene rings is 1. The van der Waals surface area contributed by atoms with Crippen LogP contribution in [0.1, 0.15) is 24.9 Å². The zero-order chi connectivity index (χ0) is 27.1. The lowest BCUT2D eigenvalue weighted by atomic mass is 9.93. The van der Waals surface area contributed by atoms with E-state index in [0.717, 1.165) is 44.1 Å². The zero-order valence-corrected chi connectivity index (χ0v) is 22.8. The summed E-state index contributed by atoms with van der Waals surface area (Å²) in [6.07, 6.45) is 1.66. The molecule has 0 aromatic heterocycles. The number of amides is 1. The first-order valence-electron chi connectivity index (χ1n) is 12.5. The summed E-state index contributed by atoms with van der Waals surface area (Å²) >= 11 is 1.42. The van der Waals surface area contributed by atoms with Crippen LogP contribution in [0.15, 0.2) is 58.2 Å². The summed E-state index contributed by atoms with van der Waals surface area (Å²) in [6.45, 7) is 10.00. The number of aliphatic imine (C=N–C) groups is 1. The molecule has 0 bridgehead atoms. The fourth-order valence-electron chi connectivity index (χ4n) is 4.55. The van der Waals surface area contributed by atoms with Crippen molar-refractivity contribution in [2.45, 2.75) is 19.4 Å². The largest absolute Gasteiger partial charge is 0.497 e. The normalized spacial score (nSPS) is 19.3. The van der Waals surface area contributed by atoms with Gasteiger partial charge in [-0.3, -0.25) is 9.69 Å². The number of morpholine rings is 1. The molecule has 0 saturated carbocycles. The van der Waals surface area contributed by atoms with Gasteiger partial charge in [-0.1, -0.05) is 24.4 Å². The van der Waals surface area contributed by atoms with Crippen LogP contribution >= 0.6 is 11.8 Å². The van der Waals surface area contributed by atoms with Gasteiger partial charge in [0.15, 0.2) is 5.17 Å². The second-order valence-corrected chi connectivity index (χ2v) is 9.74. The number of methoxy groups -OCH3 is 2. The molecule has 4 rings (SSSR count). The second kappa shape index (κ2) is 13.0. The number of nitrogens with zero attached hydrogens (tertiary/aromatic N) is 3. The Morgan fingerprint density at radius 1 is 1.21 bits per heavy atom. The molecule has 10 nitrogen and oxygen atoms in total. The van der Waals surface area contributed by atoms with Crippen LogP contribution in [0.4, 0.5) is 0 Å². The molecule has 1 aromatic carbocycles. The summed E-state index contributed by atoms with van der Waals surface area (Å²) in [4.78, 5) is 35.1. The number of thioether (sulfide) groups is 1. The van der Waals surface area contributed by atoms with Crippen LogP contribution in [-0.4, -0.2) is 87.1 Å². The molecule has 38 heavy (non-hydrogen) atoms. The number of carbonyl (C=O) groups is 2. The van der Waals surface area contributed by atoms with Crippen LogP contribution in [0.25, 0.3) is 0 Å². The van der Waals surface area contributed by atoms with Crippen molar-refractivity contribution in [3.63, 3.8) is 0 Å². The molecule has 204 valence electrons. The molecule has 1 N–H and O–H groups in total. The maximum absolute atomic E-state index is 13.3. The van der Waals surface area contributed by atoms with Gasteiger partial charge in [-0.15, -0.1) is 0 Å². The molecule has 0 spiro atoms. The Morgan fingerprint density at radius 2 is 1.92 bits per heavy atom. The van der Waals surface area contributed by atoms with Gasteiger partial charge >= 0.3 is 5.97 Å². The Morgan fingerprint density at radius 3 is 2.58 bits per heavy atom. The summed E-state index contributed by atoms with van der Waals surface area (Å²) in [7, 11) is 3.15. The molecule has 1 amide bonds. The molecule has 1 fully saturated rings. The van der Waals surface area contributed by atoms with Crippen LogP contribution < -0.4 is 14.8 Å². The Labute approximate surface area is 227 Å². The van der Waals surface area contributed by atoms with Crippen molar-refractivity contribution in [2.75, 3.05) is 60.2 Å². The van der Waals surface area contributed by atoms with E-state index in [2.05, 4.69) is 16.8 Å². The fourth-order valence-corrected chi connectivity index (χ4v) is 5.52. The predicted octanol–water partition coefficient (Wildman–Crippen LogP) is 2.85. The number of esters is 1. The fraction of sp³-hybridized carbons (Fsp3) is 0.444. The van der Waals surface area contributed by atoms with Gasteiger partial charge in [0.05, 0.1) is 51.2 Å². The molecular weight excluding hydrogens is 508 g/mol. The lowest BCUT2D eigenvalue weighted by Gasteiger charge is -2.36. The standard InChI is InChI=1S/C27H34N4O6S/c1-5-10-37-26(33)24-18(2)29-27-31(25(24)19-13-21(34-3)16-22(14-19)35-4)20(17-38-27)15-23(32)28-6-7-30-8-11-36-12-9-30/h5,13-14,16-17,25H,1,6-12,15H2,2-4H3,(H,28,32)/t25-/m1/s1. The smallest absolute Gasteiger partial charge is 0.338 e. The van der Waals surface area contributed by atoms with Crippen LogP contribution in [0.2, 0.25) is 0 Å². The summed E-state index contributed by atoms with van der Waals surface area (Å²) in [5.41, 5.74) is 2.42. The van der Waals surface area contributed by atoms with E-state index in [1.54, 1.807) is 27.2 Å². The number of rotatable bonds is 11. The number of allylic oxidation sites excluding steroid dienone is 1. The third-order valence-electron chi connectivity index (χ3n) is 6.44. The van der Waals surface area contributed by atoms with E-state index in [1.165, 1.54) is 17.8 Å². The van der Waals surface area contributed by atoms with Crippen molar-refractivity contribution in [3.8, 4) is 11.5 Å². The third kappa shape index (κ3) is 6.40. The average Bonchev–Trinajstić information content (AvgIpc) is 3.32. The minimum atomic E-state index is -0.591. The van der Waals surface area contributed by atoms with Gasteiger partial charge in [-0.2, -0.15) is 0 Å². The maximum atomic E-state index is 13.3. The van der Waals surface area contributed by atoms with Crippen molar-refractivity contribution in [1.82, 2.24) is 15.1 Å². The SMILES string of the molecule is C=CCOC(=O)C1=C(C)N=C2SC=C(CC(=O)NCCN3CCOCC3)N2[C@@H]1c1cc(OC)cc(OC)c1. The van der Waals surface area contributed by atoms with Gasteiger partial charge in [0.1, 0.15) is 18.1 Å². The second-order valence-electron chi connectivity index (χ2n) is 8.91. The number of ether oxygens (including phenoxy) is 4. The summed E-state index contributed by atoms with van der Waals surface area (Å²) < 4.78 is 21.8. The Hall–Kier alpha value is -3.28. The highest BCUT2D eigenvalue weighted by Crippen LogP contribution is 2.46. The van der Waals surface area contributed by atoms with E-state index < -0.39 is 12.0 Å².